The van der Waals surface area contributed by atoms with Crippen LogP contribution in [0.3, 0.4) is 0 Å². The first-order valence-corrected chi connectivity index (χ1v) is 7.79. The van der Waals surface area contributed by atoms with Crippen LogP contribution in [0.5, 0.6) is 0 Å². The summed E-state index contributed by atoms with van der Waals surface area (Å²) < 4.78 is 0. The lowest BCUT2D eigenvalue weighted by Crippen LogP contribution is -2.33. The number of carbonyl (C=O) groups is 2. The number of benzene rings is 2. The minimum atomic E-state index is -0.454. The fraction of sp³-hybridized carbons (Fsp3) is 0.176. The Morgan fingerprint density at radius 1 is 1.00 bits per heavy atom. The third kappa shape index (κ3) is 4.98. The van der Waals surface area contributed by atoms with Crippen molar-refractivity contribution >= 4 is 35.0 Å². The predicted molar refractivity (Wildman–Crippen MR) is 91.5 cm³/mol. The molecule has 0 heterocycles. The molecule has 0 unspecified atom stereocenters. The Morgan fingerprint density at radius 3 is 2.30 bits per heavy atom. The van der Waals surface area contributed by atoms with E-state index in [1.54, 1.807) is 17.0 Å². The SMILES string of the molecule is NC(=O)CCN(Cc1ccccc1)C(=O)c1ccc(Cl)c(Cl)c1. The zero-order valence-electron chi connectivity index (χ0n) is 12.3. The second-order valence-corrected chi connectivity index (χ2v) is 5.87. The molecular formula is C17H16Cl2N2O2. The standard InChI is InChI=1S/C17H16Cl2N2O2/c18-14-7-6-13(10-15(14)19)17(23)21(9-8-16(20)22)11-12-4-2-1-3-5-12/h1-7,10H,8-9,11H2,(H2,20,22). The molecule has 0 bridgehead atoms. The zero-order valence-corrected chi connectivity index (χ0v) is 13.8. The molecule has 0 aliphatic carbocycles. The smallest absolute Gasteiger partial charge is 0.254 e. The van der Waals surface area contributed by atoms with E-state index in [9.17, 15) is 9.59 Å². The maximum absolute atomic E-state index is 12.7. The van der Waals surface area contributed by atoms with Gasteiger partial charge in [0.15, 0.2) is 0 Å². The molecule has 0 atom stereocenters. The van der Waals surface area contributed by atoms with Crippen LogP contribution >= 0.6 is 23.2 Å². The fourth-order valence-corrected chi connectivity index (χ4v) is 2.41. The molecule has 2 N–H and O–H groups in total. The van der Waals surface area contributed by atoms with Crippen LogP contribution in [0.25, 0.3) is 0 Å². The number of hydrogen-bond donors (Lipinski definition) is 1. The number of primary amides is 1. The van der Waals surface area contributed by atoms with Gasteiger partial charge in [0.1, 0.15) is 0 Å². The summed E-state index contributed by atoms with van der Waals surface area (Å²) in [6.07, 6.45) is 0.0971. The van der Waals surface area contributed by atoms with Crippen LogP contribution in [0, 0.1) is 0 Å². The maximum atomic E-state index is 12.7. The number of nitrogens with zero attached hydrogens (tertiary/aromatic N) is 1. The number of nitrogens with two attached hydrogens (primary N) is 1. The summed E-state index contributed by atoms with van der Waals surface area (Å²) in [5, 5.41) is 0.696. The third-order valence-electron chi connectivity index (χ3n) is 3.30. The van der Waals surface area contributed by atoms with Crippen molar-refractivity contribution in [2.24, 2.45) is 5.73 Å². The molecule has 0 radical (unpaired) electrons. The number of halogens is 2. The predicted octanol–water partition coefficient (Wildman–Crippen LogP) is 3.51. The Kier molecular flexibility index (Phi) is 6.02. The minimum absolute atomic E-state index is 0.0971. The number of carbonyl (C=O) groups excluding carboxylic acids is 2. The molecular weight excluding hydrogens is 335 g/mol. The van der Waals surface area contributed by atoms with E-state index in [4.69, 9.17) is 28.9 Å². The van der Waals surface area contributed by atoms with Crippen LogP contribution in [-0.2, 0) is 11.3 Å². The van der Waals surface area contributed by atoms with Gasteiger partial charge in [0.25, 0.3) is 5.91 Å². The Morgan fingerprint density at radius 2 is 1.70 bits per heavy atom. The maximum Gasteiger partial charge on any atom is 0.254 e. The average Bonchev–Trinajstić information content (AvgIpc) is 2.54. The molecule has 0 saturated heterocycles. The average molecular weight is 351 g/mol. The summed E-state index contributed by atoms with van der Waals surface area (Å²) in [5.41, 5.74) is 6.58. The van der Waals surface area contributed by atoms with Gasteiger partial charge < -0.3 is 10.6 Å². The number of amides is 2. The lowest BCUT2D eigenvalue weighted by atomic mass is 10.1. The Hall–Kier alpha value is -2.04. The van der Waals surface area contributed by atoms with E-state index >= 15 is 0 Å². The van der Waals surface area contributed by atoms with E-state index in [0.29, 0.717) is 22.2 Å². The first-order valence-electron chi connectivity index (χ1n) is 7.04. The van der Waals surface area contributed by atoms with Crippen molar-refractivity contribution in [3.63, 3.8) is 0 Å². The van der Waals surface area contributed by atoms with Crippen LogP contribution in [0.1, 0.15) is 22.3 Å². The molecule has 23 heavy (non-hydrogen) atoms. The summed E-state index contributed by atoms with van der Waals surface area (Å²) in [4.78, 5) is 25.3. The van der Waals surface area contributed by atoms with Crippen molar-refractivity contribution in [1.29, 1.82) is 0 Å². The van der Waals surface area contributed by atoms with Crippen LogP contribution in [-0.4, -0.2) is 23.3 Å². The highest BCUT2D eigenvalue weighted by Gasteiger charge is 2.17. The van der Waals surface area contributed by atoms with Gasteiger partial charge in [-0.2, -0.15) is 0 Å². The molecule has 0 spiro atoms. The normalized spacial score (nSPS) is 10.3. The molecule has 2 aromatic carbocycles. The van der Waals surface area contributed by atoms with Crippen LogP contribution < -0.4 is 5.73 Å². The summed E-state index contributed by atoms with van der Waals surface area (Å²) in [6.45, 7) is 0.622. The molecule has 2 aromatic rings. The largest absolute Gasteiger partial charge is 0.370 e. The van der Waals surface area contributed by atoms with Crippen LogP contribution in [0.4, 0.5) is 0 Å². The van der Waals surface area contributed by atoms with Crippen molar-refractivity contribution in [2.45, 2.75) is 13.0 Å². The number of hydrogen-bond acceptors (Lipinski definition) is 2. The van der Waals surface area contributed by atoms with Crippen molar-refractivity contribution in [3.8, 4) is 0 Å². The van der Waals surface area contributed by atoms with Crippen LogP contribution in [0.2, 0.25) is 10.0 Å². The summed E-state index contributed by atoms with van der Waals surface area (Å²) in [5.74, 6) is -0.682. The zero-order chi connectivity index (χ0) is 16.8. The molecule has 0 aliphatic heterocycles. The highest BCUT2D eigenvalue weighted by molar-refractivity contribution is 6.42. The topological polar surface area (TPSA) is 63.4 Å². The summed E-state index contributed by atoms with van der Waals surface area (Å²) >= 11 is 11.9. The van der Waals surface area contributed by atoms with Crippen LogP contribution in [0.15, 0.2) is 48.5 Å². The van der Waals surface area contributed by atoms with E-state index in [2.05, 4.69) is 0 Å². The van der Waals surface area contributed by atoms with Gasteiger partial charge >= 0.3 is 0 Å². The first kappa shape index (κ1) is 17.3. The van der Waals surface area contributed by atoms with Gasteiger partial charge in [-0.1, -0.05) is 53.5 Å². The van der Waals surface area contributed by atoms with Gasteiger partial charge in [0.05, 0.1) is 10.0 Å². The van der Waals surface area contributed by atoms with Gasteiger partial charge in [0.2, 0.25) is 5.91 Å². The molecule has 2 rings (SSSR count). The van der Waals surface area contributed by atoms with E-state index in [0.717, 1.165) is 5.56 Å². The second-order valence-electron chi connectivity index (χ2n) is 5.06. The van der Waals surface area contributed by atoms with Crippen molar-refractivity contribution in [2.75, 3.05) is 6.54 Å². The van der Waals surface area contributed by atoms with Gasteiger partial charge in [-0.3, -0.25) is 9.59 Å². The quantitative estimate of drug-likeness (QED) is 0.866. The Balaban J connectivity index is 2.22. The third-order valence-corrected chi connectivity index (χ3v) is 4.04. The highest BCUT2D eigenvalue weighted by atomic mass is 35.5. The second kappa shape index (κ2) is 7.99. The lowest BCUT2D eigenvalue weighted by Gasteiger charge is -2.22. The molecule has 0 aliphatic rings. The molecule has 2 amide bonds. The summed E-state index contributed by atoms with van der Waals surface area (Å²) in [7, 11) is 0. The molecule has 4 nitrogen and oxygen atoms in total. The summed E-state index contributed by atoms with van der Waals surface area (Å²) in [6, 6.07) is 14.2. The fourth-order valence-electron chi connectivity index (χ4n) is 2.11. The van der Waals surface area contributed by atoms with Crippen molar-refractivity contribution in [3.05, 3.63) is 69.7 Å². The minimum Gasteiger partial charge on any atom is -0.370 e. The Bertz CT molecular complexity index is 705. The lowest BCUT2D eigenvalue weighted by molar-refractivity contribution is -0.118. The van der Waals surface area contributed by atoms with Gasteiger partial charge in [-0.05, 0) is 23.8 Å². The monoisotopic (exact) mass is 350 g/mol. The van der Waals surface area contributed by atoms with E-state index in [1.807, 2.05) is 30.3 Å². The number of rotatable bonds is 6. The van der Waals surface area contributed by atoms with Gasteiger partial charge in [-0.25, -0.2) is 0 Å². The van der Waals surface area contributed by atoms with Gasteiger partial charge in [-0.15, -0.1) is 0 Å². The van der Waals surface area contributed by atoms with Crippen molar-refractivity contribution in [1.82, 2.24) is 4.90 Å². The molecule has 6 heteroatoms. The van der Waals surface area contributed by atoms with E-state index < -0.39 is 5.91 Å². The molecule has 0 saturated carbocycles. The Labute approximate surface area is 144 Å². The molecule has 0 fully saturated rings. The van der Waals surface area contributed by atoms with E-state index in [-0.39, 0.29) is 18.9 Å². The first-order chi connectivity index (χ1) is 11.0. The molecule has 0 aromatic heterocycles. The molecule has 120 valence electrons. The van der Waals surface area contributed by atoms with Crippen molar-refractivity contribution < 1.29 is 9.59 Å². The highest BCUT2D eigenvalue weighted by Crippen LogP contribution is 2.23. The van der Waals surface area contributed by atoms with E-state index in [1.165, 1.54) is 6.07 Å². The van der Waals surface area contributed by atoms with Gasteiger partial charge in [0, 0.05) is 25.1 Å².